The molecule has 13 heavy (non-hydrogen) atoms. The zero-order chi connectivity index (χ0) is 10.1. The fourth-order valence-corrected chi connectivity index (χ4v) is 0.635. The molecule has 1 N–H and O–H groups in total. The lowest BCUT2D eigenvalue weighted by molar-refractivity contribution is -0.147. The summed E-state index contributed by atoms with van der Waals surface area (Å²) >= 11 is 0. The Labute approximate surface area is 76.6 Å². The van der Waals surface area contributed by atoms with E-state index in [-0.39, 0.29) is 38.6 Å². The number of hydrogen-bond donors (Lipinski definition) is 1. The molecule has 0 fully saturated rings. The summed E-state index contributed by atoms with van der Waals surface area (Å²) in [4.78, 5) is 21.2. The van der Waals surface area contributed by atoms with Gasteiger partial charge in [0.2, 0.25) is 0 Å². The Hall–Kier alpha value is -0.940. The van der Waals surface area contributed by atoms with Gasteiger partial charge in [-0.1, -0.05) is 0 Å². The molecule has 5 nitrogen and oxygen atoms in total. The standard InChI is InChI=1S/C8H14O5/c1-7(10)6-8(11)13-5-4-12-3-2-9/h9H,2-6H2,1H3. The topological polar surface area (TPSA) is 72.8 Å². The van der Waals surface area contributed by atoms with Gasteiger partial charge in [0.1, 0.15) is 18.8 Å². The maximum Gasteiger partial charge on any atom is 0.313 e. The third kappa shape index (κ3) is 8.97. The zero-order valence-corrected chi connectivity index (χ0v) is 7.62. The number of aliphatic hydroxyl groups is 1. The zero-order valence-electron chi connectivity index (χ0n) is 7.62. The molecular formula is C8H14O5. The fraction of sp³-hybridized carbons (Fsp3) is 0.750. The van der Waals surface area contributed by atoms with E-state index in [0.29, 0.717) is 0 Å². The molecule has 0 saturated carbocycles. The molecule has 0 aliphatic rings. The van der Waals surface area contributed by atoms with Crippen molar-refractivity contribution in [2.75, 3.05) is 26.4 Å². The molecule has 0 saturated heterocycles. The van der Waals surface area contributed by atoms with Gasteiger partial charge in [0, 0.05) is 0 Å². The molecule has 0 aliphatic carbocycles. The van der Waals surface area contributed by atoms with E-state index in [4.69, 9.17) is 9.84 Å². The molecular weight excluding hydrogens is 176 g/mol. The van der Waals surface area contributed by atoms with Crippen molar-refractivity contribution in [3.8, 4) is 0 Å². The highest BCUT2D eigenvalue weighted by molar-refractivity contribution is 5.94. The van der Waals surface area contributed by atoms with Crippen molar-refractivity contribution >= 4 is 11.8 Å². The van der Waals surface area contributed by atoms with E-state index < -0.39 is 5.97 Å². The van der Waals surface area contributed by atoms with Crippen molar-refractivity contribution in [3.63, 3.8) is 0 Å². The third-order valence-electron chi connectivity index (χ3n) is 1.12. The van der Waals surface area contributed by atoms with Crippen molar-refractivity contribution in [2.24, 2.45) is 0 Å². The number of aliphatic hydroxyl groups excluding tert-OH is 1. The van der Waals surface area contributed by atoms with Crippen molar-refractivity contribution in [2.45, 2.75) is 13.3 Å². The second-order valence-electron chi connectivity index (χ2n) is 2.44. The average Bonchev–Trinajstić information content (AvgIpc) is 2.02. The highest BCUT2D eigenvalue weighted by Gasteiger charge is 2.05. The van der Waals surface area contributed by atoms with Gasteiger partial charge >= 0.3 is 5.97 Å². The second kappa shape index (κ2) is 7.70. The number of hydrogen-bond acceptors (Lipinski definition) is 5. The van der Waals surface area contributed by atoms with Crippen LogP contribution in [0.4, 0.5) is 0 Å². The Balaban J connectivity index is 3.22. The molecule has 0 aliphatic heterocycles. The highest BCUT2D eigenvalue weighted by Crippen LogP contribution is 1.88. The van der Waals surface area contributed by atoms with E-state index in [1.54, 1.807) is 0 Å². The molecule has 0 aromatic rings. The van der Waals surface area contributed by atoms with Crippen LogP contribution in [0.3, 0.4) is 0 Å². The molecule has 0 aromatic heterocycles. The Morgan fingerprint density at radius 2 is 1.92 bits per heavy atom. The molecule has 0 radical (unpaired) electrons. The van der Waals surface area contributed by atoms with Gasteiger partial charge in [-0.05, 0) is 6.92 Å². The fourth-order valence-electron chi connectivity index (χ4n) is 0.635. The molecule has 0 aromatic carbocycles. The van der Waals surface area contributed by atoms with E-state index >= 15 is 0 Å². The summed E-state index contributed by atoms with van der Waals surface area (Å²) < 4.78 is 9.46. The summed E-state index contributed by atoms with van der Waals surface area (Å²) in [5, 5.41) is 8.32. The normalized spacial score (nSPS) is 9.69. The smallest absolute Gasteiger partial charge is 0.313 e. The first kappa shape index (κ1) is 12.1. The van der Waals surface area contributed by atoms with Gasteiger partial charge in [-0.15, -0.1) is 0 Å². The summed E-state index contributed by atoms with van der Waals surface area (Å²) in [6, 6.07) is 0. The highest BCUT2D eigenvalue weighted by atomic mass is 16.6. The second-order valence-corrected chi connectivity index (χ2v) is 2.44. The Morgan fingerprint density at radius 3 is 2.46 bits per heavy atom. The summed E-state index contributed by atoms with van der Waals surface area (Å²) in [5.74, 6) is -0.763. The van der Waals surface area contributed by atoms with Crippen molar-refractivity contribution in [1.29, 1.82) is 0 Å². The van der Waals surface area contributed by atoms with Crippen LogP contribution in [0.2, 0.25) is 0 Å². The van der Waals surface area contributed by atoms with E-state index in [2.05, 4.69) is 4.74 Å². The molecule has 0 spiro atoms. The first-order valence-electron chi connectivity index (χ1n) is 4.00. The first-order chi connectivity index (χ1) is 6.16. The monoisotopic (exact) mass is 190 g/mol. The summed E-state index contributed by atoms with van der Waals surface area (Å²) in [5.41, 5.74) is 0. The van der Waals surface area contributed by atoms with Gasteiger partial charge in [-0.2, -0.15) is 0 Å². The van der Waals surface area contributed by atoms with Crippen LogP contribution in [0, 0.1) is 0 Å². The van der Waals surface area contributed by atoms with Crippen LogP contribution in [0.15, 0.2) is 0 Å². The van der Waals surface area contributed by atoms with Gasteiger partial charge in [0.15, 0.2) is 0 Å². The number of rotatable bonds is 7. The van der Waals surface area contributed by atoms with Crippen molar-refractivity contribution in [1.82, 2.24) is 0 Å². The Kier molecular flexibility index (Phi) is 7.14. The lowest BCUT2D eigenvalue weighted by atomic mass is 10.3. The molecule has 76 valence electrons. The molecule has 0 rings (SSSR count). The number of carbonyl (C=O) groups excluding carboxylic acids is 2. The molecule has 0 amide bonds. The Bertz CT molecular complexity index is 166. The maximum atomic E-state index is 10.7. The van der Waals surface area contributed by atoms with Crippen molar-refractivity contribution < 1.29 is 24.2 Å². The minimum Gasteiger partial charge on any atom is -0.463 e. The number of Topliss-reactive ketones (excluding diaryl/α,β-unsaturated/α-hetero) is 1. The van der Waals surface area contributed by atoms with E-state index in [1.165, 1.54) is 6.92 Å². The molecule has 0 heterocycles. The minimum atomic E-state index is -0.542. The summed E-state index contributed by atoms with van der Waals surface area (Å²) in [6.45, 7) is 1.85. The van der Waals surface area contributed by atoms with Crippen molar-refractivity contribution in [3.05, 3.63) is 0 Å². The predicted molar refractivity (Wildman–Crippen MR) is 44.2 cm³/mol. The number of ketones is 1. The summed E-state index contributed by atoms with van der Waals surface area (Å²) in [7, 11) is 0. The summed E-state index contributed by atoms with van der Waals surface area (Å²) in [6.07, 6.45) is -0.194. The maximum absolute atomic E-state index is 10.7. The van der Waals surface area contributed by atoms with Crippen LogP contribution in [0.5, 0.6) is 0 Å². The number of ether oxygens (including phenoxy) is 2. The largest absolute Gasteiger partial charge is 0.463 e. The van der Waals surface area contributed by atoms with E-state index in [1.807, 2.05) is 0 Å². The molecule has 0 bridgehead atoms. The minimum absolute atomic E-state index is 0.0542. The average molecular weight is 190 g/mol. The van der Waals surface area contributed by atoms with Gasteiger partial charge in [-0.25, -0.2) is 0 Å². The van der Waals surface area contributed by atoms with Crippen LogP contribution >= 0.6 is 0 Å². The SMILES string of the molecule is CC(=O)CC(=O)OCCOCCO. The predicted octanol–water partition coefficient (Wildman–Crippen LogP) is -0.482. The lowest BCUT2D eigenvalue weighted by Gasteiger charge is -2.03. The van der Waals surface area contributed by atoms with Gasteiger partial charge < -0.3 is 14.6 Å². The van der Waals surface area contributed by atoms with Gasteiger partial charge in [0.25, 0.3) is 0 Å². The van der Waals surface area contributed by atoms with E-state index in [0.717, 1.165) is 0 Å². The van der Waals surface area contributed by atoms with Crippen LogP contribution in [-0.4, -0.2) is 43.3 Å². The van der Waals surface area contributed by atoms with Gasteiger partial charge in [0.05, 0.1) is 19.8 Å². The van der Waals surface area contributed by atoms with Crippen LogP contribution < -0.4 is 0 Å². The molecule has 0 atom stereocenters. The molecule has 5 heteroatoms. The third-order valence-corrected chi connectivity index (χ3v) is 1.12. The quantitative estimate of drug-likeness (QED) is 0.333. The Morgan fingerprint density at radius 1 is 1.23 bits per heavy atom. The first-order valence-corrected chi connectivity index (χ1v) is 4.00. The number of carbonyl (C=O) groups is 2. The van der Waals surface area contributed by atoms with Crippen LogP contribution in [0.1, 0.15) is 13.3 Å². The number of esters is 1. The van der Waals surface area contributed by atoms with Crippen LogP contribution in [0.25, 0.3) is 0 Å². The lowest BCUT2D eigenvalue weighted by Crippen LogP contribution is -2.13. The van der Waals surface area contributed by atoms with Crippen LogP contribution in [-0.2, 0) is 19.1 Å². The van der Waals surface area contributed by atoms with Gasteiger partial charge in [-0.3, -0.25) is 9.59 Å². The molecule has 0 unspecified atom stereocenters. The van der Waals surface area contributed by atoms with E-state index in [9.17, 15) is 9.59 Å².